The minimum absolute atomic E-state index is 0.172. The Kier molecular flexibility index (Phi) is 4.32. The average molecular weight is 353 g/mol. The number of likely N-dealkylation sites (tertiary alicyclic amines) is 1. The first-order valence-electron chi connectivity index (χ1n) is 9.09. The fourth-order valence-corrected chi connectivity index (χ4v) is 3.55. The molecular weight excluding hydrogens is 330 g/mol. The smallest absolute Gasteiger partial charge is 0.232 e. The number of ketones is 1. The van der Waals surface area contributed by atoms with Crippen LogP contribution in [-0.4, -0.2) is 28.9 Å². The van der Waals surface area contributed by atoms with Crippen molar-refractivity contribution in [3.05, 3.63) is 52.7 Å². The van der Waals surface area contributed by atoms with Gasteiger partial charge in [-0.1, -0.05) is 6.92 Å². The molecule has 0 bridgehead atoms. The van der Waals surface area contributed by atoms with E-state index in [1.54, 1.807) is 24.3 Å². The van der Waals surface area contributed by atoms with Gasteiger partial charge in [0.25, 0.3) is 0 Å². The summed E-state index contributed by atoms with van der Waals surface area (Å²) in [6.07, 6.45) is 3.91. The minimum atomic E-state index is -0.178. The molecule has 5 nitrogen and oxygen atoms in total. The zero-order valence-electron chi connectivity index (χ0n) is 15.1. The number of nitrogens with zero attached hydrogens (tertiary/aromatic N) is 1. The molecule has 0 aliphatic carbocycles. The number of allylic oxidation sites excluding steroid dienone is 1. The van der Waals surface area contributed by atoms with Gasteiger partial charge in [0.2, 0.25) is 5.78 Å². The van der Waals surface area contributed by atoms with Crippen LogP contribution in [0.2, 0.25) is 0 Å². The number of furan rings is 1. The molecule has 26 heavy (non-hydrogen) atoms. The molecule has 2 aromatic rings. The van der Waals surface area contributed by atoms with E-state index in [0.717, 1.165) is 37.6 Å². The van der Waals surface area contributed by atoms with Crippen molar-refractivity contribution in [2.45, 2.75) is 33.2 Å². The Hall–Kier alpha value is -2.53. The van der Waals surface area contributed by atoms with Crippen molar-refractivity contribution in [3.63, 3.8) is 0 Å². The predicted molar refractivity (Wildman–Crippen MR) is 98.2 cm³/mol. The number of fused-ring (bicyclic) bond motifs is 1. The number of aromatic hydroxyl groups is 1. The van der Waals surface area contributed by atoms with E-state index in [-0.39, 0.29) is 17.3 Å². The summed E-state index contributed by atoms with van der Waals surface area (Å²) >= 11 is 0. The summed E-state index contributed by atoms with van der Waals surface area (Å²) in [5.41, 5.74) is 1.18. The van der Waals surface area contributed by atoms with E-state index in [4.69, 9.17) is 9.15 Å². The van der Waals surface area contributed by atoms with E-state index in [0.29, 0.717) is 29.2 Å². The third-order valence-electron chi connectivity index (χ3n) is 5.21. The summed E-state index contributed by atoms with van der Waals surface area (Å²) in [5, 5.41) is 10.4. The predicted octanol–water partition coefficient (Wildman–Crippen LogP) is 4.14. The number of piperidine rings is 1. The molecule has 2 aliphatic rings. The number of carbonyl (C=O) groups is 1. The van der Waals surface area contributed by atoms with Gasteiger partial charge < -0.3 is 14.3 Å². The van der Waals surface area contributed by atoms with Gasteiger partial charge in [0.05, 0.1) is 11.1 Å². The molecule has 136 valence electrons. The second-order valence-electron chi connectivity index (χ2n) is 7.29. The van der Waals surface area contributed by atoms with Gasteiger partial charge in [-0.2, -0.15) is 0 Å². The Morgan fingerprint density at radius 2 is 2.00 bits per heavy atom. The Morgan fingerprint density at radius 1 is 1.23 bits per heavy atom. The topological polar surface area (TPSA) is 62.9 Å². The first-order valence-corrected chi connectivity index (χ1v) is 9.09. The molecule has 0 atom stereocenters. The Morgan fingerprint density at radius 3 is 2.69 bits per heavy atom. The van der Waals surface area contributed by atoms with Crippen molar-refractivity contribution in [1.29, 1.82) is 0 Å². The summed E-state index contributed by atoms with van der Waals surface area (Å²) in [4.78, 5) is 15.0. The zero-order chi connectivity index (χ0) is 18.3. The number of phenols is 1. The standard InChI is InChI=1S/C21H23NO4/c1-13-7-9-22(10-8-13)12-17-18(23)6-5-16-20(24)19(26-21(16)17)11-15-4-3-14(2)25-15/h3-6,11,13,23H,7-10,12H2,1-2H3/b19-11-. The first kappa shape index (κ1) is 16.9. The molecule has 4 rings (SSSR count). The van der Waals surface area contributed by atoms with Crippen LogP contribution < -0.4 is 4.74 Å². The molecule has 0 saturated carbocycles. The SMILES string of the molecule is Cc1ccc(/C=C2\Oc3c(ccc(O)c3CN3CCC(C)CC3)C2=O)o1. The lowest BCUT2D eigenvalue weighted by atomic mass is 9.98. The fraction of sp³-hybridized carbons (Fsp3) is 0.381. The Bertz CT molecular complexity index is 872. The van der Waals surface area contributed by atoms with Crippen molar-refractivity contribution in [3.8, 4) is 11.5 Å². The van der Waals surface area contributed by atoms with E-state index in [9.17, 15) is 9.90 Å². The van der Waals surface area contributed by atoms with E-state index >= 15 is 0 Å². The second-order valence-corrected chi connectivity index (χ2v) is 7.29. The maximum absolute atomic E-state index is 12.7. The van der Waals surface area contributed by atoms with Gasteiger partial charge in [-0.15, -0.1) is 0 Å². The molecule has 0 radical (unpaired) electrons. The highest BCUT2D eigenvalue weighted by atomic mass is 16.5. The van der Waals surface area contributed by atoms with E-state index in [1.165, 1.54) is 0 Å². The zero-order valence-corrected chi connectivity index (χ0v) is 15.1. The summed E-state index contributed by atoms with van der Waals surface area (Å²) in [6.45, 7) is 6.69. The molecule has 0 spiro atoms. The lowest BCUT2D eigenvalue weighted by Gasteiger charge is -2.30. The minimum Gasteiger partial charge on any atom is -0.507 e. The van der Waals surface area contributed by atoms with Crippen molar-refractivity contribution < 1.29 is 19.1 Å². The third-order valence-corrected chi connectivity index (χ3v) is 5.21. The number of hydrogen-bond acceptors (Lipinski definition) is 5. The highest BCUT2D eigenvalue weighted by Crippen LogP contribution is 2.40. The number of ether oxygens (including phenoxy) is 1. The molecule has 1 aromatic carbocycles. The molecule has 1 saturated heterocycles. The molecule has 1 N–H and O–H groups in total. The quantitative estimate of drug-likeness (QED) is 0.840. The second kappa shape index (κ2) is 6.65. The molecule has 0 unspecified atom stereocenters. The molecule has 1 fully saturated rings. The Balaban J connectivity index is 1.62. The van der Waals surface area contributed by atoms with E-state index in [2.05, 4.69) is 11.8 Å². The van der Waals surface area contributed by atoms with Gasteiger partial charge in [0.1, 0.15) is 23.0 Å². The summed E-state index contributed by atoms with van der Waals surface area (Å²) in [5.74, 6) is 2.79. The summed E-state index contributed by atoms with van der Waals surface area (Å²) in [6, 6.07) is 6.85. The lowest BCUT2D eigenvalue weighted by molar-refractivity contribution is 0.101. The van der Waals surface area contributed by atoms with E-state index < -0.39 is 0 Å². The molecular formula is C21H23NO4. The first-order chi connectivity index (χ1) is 12.5. The van der Waals surface area contributed by atoms with Crippen LogP contribution in [0.15, 0.2) is 34.4 Å². The largest absolute Gasteiger partial charge is 0.507 e. The number of carbonyl (C=O) groups excluding carboxylic acids is 1. The van der Waals surface area contributed by atoms with Crippen LogP contribution >= 0.6 is 0 Å². The average Bonchev–Trinajstić information content (AvgIpc) is 3.16. The van der Waals surface area contributed by atoms with Crippen LogP contribution in [0.4, 0.5) is 0 Å². The van der Waals surface area contributed by atoms with Crippen molar-refractivity contribution in [2.24, 2.45) is 5.92 Å². The van der Waals surface area contributed by atoms with Crippen molar-refractivity contribution in [1.82, 2.24) is 4.90 Å². The fourth-order valence-electron chi connectivity index (χ4n) is 3.55. The molecule has 0 amide bonds. The van der Waals surface area contributed by atoms with Crippen LogP contribution in [-0.2, 0) is 6.54 Å². The molecule has 3 heterocycles. The molecule has 2 aliphatic heterocycles. The number of Topliss-reactive ketones (excluding diaryl/α,β-unsaturated/α-hetero) is 1. The number of hydrogen-bond donors (Lipinski definition) is 1. The van der Waals surface area contributed by atoms with Crippen LogP contribution in [0.25, 0.3) is 6.08 Å². The van der Waals surface area contributed by atoms with Crippen LogP contribution in [0, 0.1) is 12.8 Å². The van der Waals surface area contributed by atoms with Crippen molar-refractivity contribution >= 4 is 11.9 Å². The third kappa shape index (κ3) is 3.15. The van der Waals surface area contributed by atoms with Crippen LogP contribution in [0.3, 0.4) is 0 Å². The van der Waals surface area contributed by atoms with Crippen molar-refractivity contribution in [2.75, 3.05) is 13.1 Å². The van der Waals surface area contributed by atoms with Gasteiger partial charge in [-0.25, -0.2) is 0 Å². The number of benzene rings is 1. The summed E-state index contributed by atoms with van der Waals surface area (Å²) < 4.78 is 11.4. The number of aryl methyl sites for hydroxylation is 1. The summed E-state index contributed by atoms with van der Waals surface area (Å²) in [7, 11) is 0. The highest BCUT2D eigenvalue weighted by molar-refractivity contribution is 6.14. The molecule has 5 heteroatoms. The highest BCUT2D eigenvalue weighted by Gasteiger charge is 2.32. The maximum Gasteiger partial charge on any atom is 0.232 e. The lowest BCUT2D eigenvalue weighted by Crippen LogP contribution is -2.32. The van der Waals surface area contributed by atoms with Gasteiger partial charge in [-0.05, 0) is 63.0 Å². The monoisotopic (exact) mass is 353 g/mol. The number of rotatable bonds is 3. The maximum atomic E-state index is 12.7. The van der Waals surface area contributed by atoms with E-state index in [1.807, 2.05) is 13.0 Å². The van der Waals surface area contributed by atoms with Gasteiger partial charge >= 0.3 is 0 Å². The Labute approximate surface area is 152 Å². The van der Waals surface area contributed by atoms with Gasteiger partial charge in [-0.3, -0.25) is 9.69 Å². The normalized spacial score (nSPS) is 19.8. The van der Waals surface area contributed by atoms with Gasteiger partial charge in [0, 0.05) is 12.6 Å². The number of phenolic OH excluding ortho intramolecular Hbond substituents is 1. The van der Waals surface area contributed by atoms with Crippen LogP contribution in [0.1, 0.15) is 47.2 Å². The molecule has 1 aromatic heterocycles. The van der Waals surface area contributed by atoms with Gasteiger partial charge in [0.15, 0.2) is 5.76 Å². The van der Waals surface area contributed by atoms with Crippen LogP contribution in [0.5, 0.6) is 11.5 Å².